The van der Waals surface area contributed by atoms with Crippen LogP contribution in [0.25, 0.3) is 11.2 Å². The number of rotatable bonds is 15. The molecule has 2 aromatic heterocycles. The summed E-state index contributed by atoms with van der Waals surface area (Å²) in [5, 5.41) is 10.8. The van der Waals surface area contributed by atoms with E-state index in [1.807, 2.05) is 59.2 Å². The zero-order valence-electron chi connectivity index (χ0n) is 31.0. The van der Waals surface area contributed by atoms with Gasteiger partial charge in [-0.15, -0.1) is 0 Å². The zero-order chi connectivity index (χ0) is 37.7. The zero-order valence-corrected chi connectivity index (χ0v) is 31.0. The number of nitrogens with zero attached hydrogens (tertiary/aromatic N) is 6. The third kappa shape index (κ3) is 7.39. The molecule has 2 aliphatic rings. The van der Waals surface area contributed by atoms with Crippen molar-refractivity contribution in [3.8, 4) is 0 Å². The first-order chi connectivity index (χ1) is 27.7. The van der Waals surface area contributed by atoms with Gasteiger partial charge in [0.25, 0.3) is 0 Å². The van der Waals surface area contributed by atoms with E-state index in [0.29, 0.717) is 55.7 Å². The van der Waals surface area contributed by atoms with E-state index in [-0.39, 0.29) is 13.2 Å². The summed E-state index contributed by atoms with van der Waals surface area (Å²) in [6.45, 7) is 2.71. The Labute approximate surface area is 326 Å². The van der Waals surface area contributed by atoms with Crippen LogP contribution in [-0.4, -0.2) is 55.6 Å². The molecule has 10 nitrogen and oxygen atoms in total. The Kier molecular flexibility index (Phi) is 10.3. The fourth-order valence-corrected chi connectivity index (χ4v) is 7.80. The van der Waals surface area contributed by atoms with Crippen LogP contribution >= 0.6 is 0 Å². The average Bonchev–Trinajstić information content (AvgIpc) is 3.94. The third-order valence-corrected chi connectivity index (χ3v) is 10.6. The van der Waals surface area contributed by atoms with Crippen LogP contribution in [0.15, 0.2) is 158 Å². The van der Waals surface area contributed by atoms with Crippen LogP contribution in [0.1, 0.15) is 34.0 Å². The van der Waals surface area contributed by atoms with Crippen LogP contribution in [-0.2, 0) is 47.0 Å². The van der Waals surface area contributed by atoms with E-state index in [4.69, 9.17) is 29.2 Å². The van der Waals surface area contributed by atoms with Crippen molar-refractivity contribution in [3.63, 3.8) is 0 Å². The maximum atomic E-state index is 10.8. The van der Waals surface area contributed by atoms with E-state index in [9.17, 15) is 5.11 Å². The highest BCUT2D eigenvalue weighted by Gasteiger charge is 2.63. The topological polar surface area (TPSA) is 98.0 Å². The van der Waals surface area contributed by atoms with Crippen molar-refractivity contribution in [2.24, 2.45) is 0 Å². The van der Waals surface area contributed by atoms with E-state index in [2.05, 4.69) is 107 Å². The second kappa shape index (κ2) is 16.1. The quantitative estimate of drug-likeness (QED) is 0.115. The van der Waals surface area contributed by atoms with Gasteiger partial charge in [-0.25, -0.2) is 4.98 Å². The van der Waals surface area contributed by atoms with Crippen LogP contribution < -0.4 is 9.80 Å². The van der Waals surface area contributed by atoms with Crippen molar-refractivity contribution >= 4 is 22.9 Å². The number of ether oxygens (including phenoxy) is 3. The summed E-state index contributed by atoms with van der Waals surface area (Å²) in [6.07, 6.45) is 0.115. The highest BCUT2D eigenvalue weighted by atomic mass is 16.7. The molecule has 0 spiro atoms. The van der Waals surface area contributed by atoms with Crippen molar-refractivity contribution in [3.05, 3.63) is 186 Å². The number of aliphatic hydroxyl groups is 1. The van der Waals surface area contributed by atoms with Gasteiger partial charge in [-0.2, -0.15) is 9.97 Å². The molecule has 10 heteroatoms. The number of imidazole rings is 1. The van der Waals surface area contributed by atoms with E-state index in [0.717, 1.165) is 27.8 Å². The SMILES string of the molecule is OC[C@@]12CO[C@@H]([C@H](n3cnc4c(N(Cc5ccccc5)Cc5ccccc5)nc(N(Cc5ccccc5)Cc5ccccc5)nc43)O1)[C@@H]2OCc1ccccc1. The molecule has 4 atom stereocenters. The number of hydrogen-bond acceptors (Lipinski definition) is 9. The molecule has 0 unspecified atom stereocenters. The minimum atomic E-state index is -1.03. The maximum absolute atomic E-state index is 10.8. The molecule has 5 aromatic carbocycles. The lowest BCUT2D eigenvalue weighted by Gasteiger charge is -2.30. The van der Waals surface area contributed by atoms with E-state index >= 15 is 0 Å². The first-order valence-corrected chi connectivity index (χ1v) is 19.1. The Morgan fingerprint density at radius 2 is 1.12 bits per heavy atom. The smallest absolute Gasteiger partial charge is 0.230 e. The number of aromatic nitrogens is 4. The van der Waals surface area contributed by atoms with Crippen LogP contribution in [0.3, 0.4) is 0 Å². The molecule has 0 radical (unpaired) electrons. The molecule has 9 rings (SSSR count). The summed E-state index contributed by atoms with van der Waals surface area (Å²) in [7, 11) is 0. The average molecular weight is 745 g/mol. The van der Waals surface area contributed by atoms with Gasteiger partial charge < -0.3 is 29.1 Å². The highest BCUT2D eigenvalue weighted by molar-refractivity contribution is 5.85. The Hall–Kier alpha value is -5.91. The second-order valence-electron chi connectivity index (χ2n) is 14.5. The largest absolute Gasteiger partial charge is 0.393 e. The molecular weight excluding hydrogens is 701 g/mol. The number of fused-ring (bicyclic) bond motifs is 3. The van der Waals surface area contributed by atoms with Gasteiger partial charge in [0.05, 0.1) is 26.1 Å². The fraction of sp³-hybridized carbons (Fsp3) is 0.239. The van der Waals surface area contributed by atoms with Crippen LogP contribution in [0, 0.1) is 0 Å². The number of benzene rings is 5. The van der Waals surface area contributed by atoms with E-state index in [1.165, 1.54) is 0 Å². The Balaban J connectivity index is 1.17. The fourth-order valence-electron chi connectivity index (χ4n) is 7.80. The molecule has 2 saturated heterocycles. The lowest BCUT2D eigenvalue weighted by molar-refractivity contribution is -0.187. The number of hydrogen-bond donors (Lipinski definition) is 1. The van der Waals surface area contributed by atoms with E-state index in [1.54, 1.807) is 6.33 Å². The normalized spacial score (nSPS) is 20.1. The van der Waals surface area contributed by atoms with Gasteiger partial charge in [0.2, 0.25) is 5.95 Å². The minimum absolute atomic E-state index is 0.228. The van der Waals surface area contributed by atoms with Gasteiger partial charge in [-0.3, -0.25) is 4.57 Å². The Bertz CT molecular complexity index is 2250. The summed E-state index contributed by atoms with van der Waals surface area (Å²) >= 11 is 0. The van der Waals surface area contributed by atoms with Gasteiger partial charge in [-0.05, 0) is 27.8 Å². The van der Waals surface area contributed by atoms with E-state index < -0.39 is 24.0 Å². The monoisotopic (exact) mass is 744 g/mol. The highest BCUT2D eigenvalue weighted by Crippen LogP contribution is 2.47. The summed E-state index contributed by atoms with van der Waals surface area (Å²) < 4.78 is 21.6. The van der Waals surface area contributed by atoms with Crippen molar-refractivity contribution in [1.29, 1.82) is 0 Å². The lowest BCUT2D eigenvalue weighted by atomic mass is 10.00. The second-order valence-corrected chi connectivity index (χ2v) is 14.5. The van der Waals surface area contributed by atoms with Crippen molar-refractivity contribution < 1.29 is 19.3 Å². The molecule has 2 fully saturated rings. The first-order valence-electron chi connectivity index (χ1n) is 19.1. The van der Waals surface area contributed by atoms with Gasteiger partial charge in [0.15, 0.2) is 23.2 Å². The minimum Gasteiger partial charge on any atom is -0.393 e. The molecule has 2 aliphatic heterocycles. The predicted molar refractivity (Wildman–Crippen MR) is 216 cm³/mol. The van der Waals surface area contributed by atoms with Crippen LogP contribution in [0.4, 0.5) is 11.8 Å². The molecule has 56 heavy (non-hydrogen) atoms. The molecular formula is C46H44N6O4. The van der Waals surface area contributed by atoms with Gasteiger partial charge in [0.1, 0.15) is 17.8 Å². The summed E-state index contributed by atoms with van der Waals surface area (Å²) in [4.78, 5) is 20.3. The van der Waals surface area contributed by atoms with Crippen molar-refractivity contribution in [2.75, 3.05) is 23.0 Å². The van der Waals surface area contributed by atoms with Gasteiger partial charge in [0, 0.05) is 26.2 Å². The third-order valence-electron chi connectivity index (χ3n) is 10.6. The van der Waals surface area contributed by atoms with Crippen molar-refractivity contribution in [2.45, 2.75) is 56.8 Å². The Morgan fingerprint density at radius 3 is 1.62 bits per heavy atom. The molecule has 0 amide bonds. The molecule has 282 valence electrons. The Morgan fingerprint density at radius 1 is 0.643 bits per heavy atom. The van der Waals surface area contributed by atoms with Gasteiger partial charge in [-0.1, -0.05) is 152 Å². The molecule has 2 bridgehead atoms. The number of anilines is 2. The summed E-state index contributed by atoms with van der Waals surface area (Å²) in [5.41, 5.74) is 5.83. The van der Waals surface area contributed by atoms with Crippen molar-refractivity contribution in [1.82, 2.24) is 19.5 Å². The molecule has 7 aromatic rings. The van der Waals surface area contributed by atoms with Crippen LogP contribution in [0.2, 0.25) is 0 Å². The van der Waals surface area contributed by atoms with Gasteiger partial charge >= 0.3 is 0 Å². The standard InChI is InChI=1S/C46H44N6O4/c53-31-46-32-55-40(41(46)54-30-38-24-14-5-15-25-38)44(56-46)52-33-47-39-42(50(26-34-16-6-1-7-17-34)27-35-18-8-2-9-19-35)48-45(49-43(39)52)51(28-36-20-10-3-11-21-36)29-37-22-12-4-13-23-37/h1-25,33,40-41,44,53H,26-32H2/t40-,41+,44-,46+/m1/s1. The van der Waals surface area contributed by atoms with Crippen LogP contribution in [0.5, 0.6) is 0 Å². The molecule has 0 aliphatic carbocycles. The molecule has 1 N–H and O–H groups in total. The summed E-state index contributed by atoms with van der Waals surface area (Å²) in [5.74, 6) is 1.27. The molecule has 0 saturated carbocycles. The first kappa shape index (κ1) is 35.8. The predicted octanol–water partition coefficient (Wildman–Crippen LogP) is 7.48. The lowest BCUT2D eigenvalue weighted by Crippen LogP contribution is -2.45. The maximum Gasteiger partial charge on any atom is 0.230 e. The number of aliphatic hydroxyl groups excluding tert-OH is 1. The molecule has 4 heterocycles. The summed E-state index contributed by atoms with van der Waals surface area (Å²) in [6, 6.07) is 51.7.